The lowest BCUT2D eigenvalue weighted by Crippen LogP contribution is -2.00. The molecule has 0 aliphatic carbocycles. The summed E-state index contributed by atoms with van der Waals surface area (Å²) in [7, 11) is -3.19. The van der Waals surface area contributed by atoms with Crippen molar-refractivity contribution in [1.29, 1.82) is 0 Å². The first-order valence-corrected chi connectivity index (χ1v) is 7.74. The monoisotopic (exact) mass is 288 g/mol. The molecular weight excluding hydrogens is 276 g/mol. The van der Waals surface area contributed by atoms with Gasteiger partial charge < -0.3 is 10.3 Å². The largest absolute Gasteiger partial charge is 0.368 e. The van der Waals surface area contributed by atoms with Gasteiger partial charge in [-0.1, -0.05) is 0 Å². The Morgan fingerprint density at radius 3 is 2.50 bits per heavy atom. The number of nitrogen functional groups attached to an aromatic ring is 1. The van der Waals surface area contributed by atoms with Crippen LogP contribution >= 0.6 is 0 Å². The van der Waals surface area contributed by atoms with Crippen LogP contribution < -0.4 is 5.73 Å². The van der Waals surface area contributed by atoms with Gasteiger partial charge in [0.1, 0.15) is 5.65 Å². The number of hydrogen-bond acceptors (Lipinski definition) is 5. The van der Waals surface area contributed by atoms with Gasteiger partial charge in [-0.15, -0.1) is 0 Å². The molecule has 0 saturated carbocycles. The predicted molar refractivity (Wildman–Crippen MR) is 76.4 cm³/mol. The quantitative estimate of drug-likeness (QED) is 0.769. The third kappa shape index (κ3) is 2.12. The van der Waals surface area contributed by atoms with Gasteiger partial charge in [-0.25, -0.2) is 13.4 Å². The lowest BCUT2D eigenvalue weighted by Gasteiger charge is -2.06. The molecule has 0 bridgehead atoms. The van der Waals surface area contributed by atoms with E-state index in [0.717, 1.165) is 11.1 Å². The molecular formula is C13H12N4O2S. The van der Waals surface area contributed by atoms with Crippen LogP contribution in [0.25, 0.3) is 16.7 Å². The molecule has 0 atom stereocenters. The van der Waals surface area contributed by atoms with Gasteiger partial charge in [0.05, 0.1) is 4.90 Å². The SMILES string of the molecule is CS(=O)(=O)c1ccc(-n2ccc3cnc(N)nc32)cc1. The number of rotatable bonds is 2. The Morgan fingerprint density at radius 2 is 1.85 bits per heavy atom. The number of hydrogen-bond donors (Lipinski definition) is 1. The van der Waals surface area contributed by atoms with Crippen molar-refractivity contribution < 1.29 is 8.42 Å². The Labute approximate surface area is 115 Å². The highest BCUT2D eigenvalue weighted by atomic mass is 32.2. The molecule has 0 radical (unpaired) electrons. The van der Waals surface area contributed by atoms with Crippen LogP contribution in [0.1, 0.15) is 0 Å². The van der Waals surface area contributed by atoms with Crippen LogP contribution in [0.2, 0.25) is 0 Å². The van der Waals surface area contributed by atoms with Gasteiger partial charge in [-0.2, -0.15) is 4.98 Å². The van der Waals surface area contributed by atoms with Gasteiger partial charge in [0.25, 0.3) is 0 Å². The van der Waals surface area contributed by atoms with E-state index in [2.05, 4.69) is 9.97 Å². The van der Waals surface area contributed by atoms with E-state index in [4.69, 9.17) is 5.73 Å². The fourth-order valence-electron chi connectivity index (χ4n) is 1.99. The molecule has 3 rings (SSSR count). The normalized spacial score (nSPS) is 11.8. The standard InChI is InChI=1S/C13H12N4O2S/c1-20(18,19)11-4-2-10(3-5-11)17-7-6-9-8-15-13(14)16-12(9)17/h2-8H,1H3,(H2,14,15,16). The lowest BCUT2D eigenvalue weighted by molar-refractivity contribution is 0.602. The van der Waals surface area contributed by atoms with Crippen LogP contribution in [0.5, 0.6) is 0 Å². The molecule has 1 aromatic carbocycles. The maximum Gasteiger partial charge on any atom is 0.221 e. The smallest absolute Gasteiger partial charge is 0.221 e. The molecule has 2 N–H and O–H groups in total. The van der Waals surface area contributed by atoms with Gasteiger partial charge >= 0.3 is 0 Å². The van der Waals surface area contributed by atoms with Crippen molar-refractivity contribution in [3.63, 3.8) is 0 Å². The molecule has 0 saturated heterocycles. The van der Waals surface area contributed by atoms with Gasteiger partial charge in [-0.05, 0) is 30.3 Å². The fourth-order valence-corrected chi connectivity index (χ4v) is 2.62. The molecule has 3 aromatic rings. The van der Waals surface area contributed by atoms with Crippen LogP contribution in [-0.2, 0) is 9.84 Å². The number of anilines is 1. The Hall–Kier alpha value is -2.41. The van der Waals surface area contributed by atoms with Crippen LogP contribution in [-0.4, -0.2) is 29.2 Å². The first-order valence-electron chi connectivity index (χ1n) is 5.85. The van der Waals surface area contributed by atoms with E-state index >= 15 is 0 Å². The number of nitrogens with zero attached hydrogens (tertiary/aromatic N) is 3. The third-order valence-electron chi connectivity index (χ3n) is 2.99. The second-order valence-corrected chi connectivity index (χ2v) is 6.47. The van der Waals surface area contributed by atoms with E-state index in [9.17, 15) is 8.42 Å². The maximum atomic E-state index is 11.4. The Kier molecular flexibility index (Phi) is 2.72. The summed E-state index contributed by atoms with van der Waals surface area (Å²) < 4.78 is 24.7. The first kappa shape index (κ1) is 12.6. The lowest BCUT2D eigenvalue weighted by atomic mass is 10.3. The van der Waals surface area contributed by atoms with Crippen molar-refractivity contribution in [2.24, 2.45) is 0 Å². The zero-order valence-electron chi connectivity index (χ0n) is 10.7. The fraction of sp³-hybridized carbons (Fsp3) is 0.0769. The summed E-state index contributed by atoms with van der Waals surface area (Å²) in [6.45, 7) is 0. The second-order valence-electron chi connectivity index (χ2n) is 4.46. The minimum atomic E-state index is -3.19. The van der Waals surface area contributed by atoms with E-state index in [-0.39, 0.29) is 10.8 Å². The van der Waals surface area contributed by atoms with Crippen LogP contribution in [0.15, 0.2) is 47.6 Å². The van der Waals surface area contributed by atoms with Crippen molar-refractivity contribution in [3.8, 4) is 5.69 Å². The minimum Gasteiger partial charge on any atom is -0.368 e. The molecule has 20 heavy (non-hydrogen) atoms. The molecule has 0 aliphatic heterocycles. The average Bonchev–Trinajstić information content (AvgIpc) is 2.81. The first-order chi connectivity index (χ1) is 9.45. The summed E-state index contributed by atoms with van der Waals surface area (Å²) in [5, 5.41) is 0.867. The molecule has 102 valence electrons. The van der Waals surface area contributed by atoms with Crippen LogP contribution in [0, 0.1) is 0 Å². The molecule has 6 nitrogen and oxygen atoms in total. The summed E-state index contributed by atoms with van der Waals surface area (Å²) in [6.07, 6.45) is 4.67. The summed E-state index contributed by atoms with van der Waals surface area (Å²) in [5.41, 5.74) is 7.09. The summed E-state index contributed by atoms with van der Waals surface area (Å²) in [5.74, 6) is 0.199. The van der Waals surface area contributed by atoms with E-state index in [1.165, 1.54) is 6.26 Å². The summed E-state index contributed by atoms with van der Waals surface area (Å²) in [6, 6.07) is 8.48. The number of fused-ring (bicyclic) bond motifs is 1. The Morgan fingerprint density at radius 1 is 1.15 bits per heavy atom. The van der Waals surface area contributed by atoms with Gasteiger partial charge in [0, 0.05) is 29.7 Å². The van der Waals surface area contributed by atoms with Crippen molar-refractivity contribution in [2.75, 3.05) is 12.0 Å². The van der Waals surface area contributed by atoms with Crippen molar-refractivity contribution in [1.82, 2.24) is 14.5 Å². The maximum absolute atomic E-state index is 11.4. The zero-order valence-corrected chi connectivity index (χ0v) is 11.5. The van der Waals surface area contributed by atoms with Crippen molar-refractivity contribution in [2.45, 2.75) is 4.90 Å². The molecule has 0 spiro atoms. The molecule has 0 fully saturated rings. The second kappa shape index (κ2) is 4.31. The molecule has 0 amide bonds. The number of benzene rings is 1. The Bertz CT molecular complexity index is 882. The van der Waals surface area contributed by atoms with Gasteiger partial charge in [-0.3, -0.25) is 0 Å². The molecule has 2 heterocycles. The van der Waals surface area contributed by atoms with E-state index < -0.39 is 9.84 Å². The van der Waals surface area contributed by atoms with E-state index in [0.29, 0.717) is 5.65 Å². The summed E-state index contributed by atoms with van der Waals surface area (Å²) in [4.78, 5) is 8.41. The highest BCUT2D eigenvalue weighted by Gasteiger charge is 2.09. The molecule has 0 aliphatic rings. The highest BCUT2D eigenvalue weighted by Crippen LogP contribution is 2.20. The number of nitrogens with two attached hydrogens (primary N) is 1. The minimum absolute atomic E-state index is 0.199. The molecule has 2 aromatic heterocycles. The molecule has 7 heteroatoms. The highest BCUT2D eigenvalue weighted by molar-refractivity contribution is 7.90. The number of sulfone groups is 1. The van der Waals surface area contributed by atoms with Gasteiger partial charge in [0.15, 0.2) is 9.84 Å². The average molecular weight is 288 g/mol. The topological polar surface area (TPSA) is 90.9 Å². The Balaban J connectivity index is 2.14. The van der Waals surface area contributed by atoms with E-state index in [1.807, 2.05) is 16.8 Å². The summed E-state index contributed by atoms with van der Waals surface area (Å²) >= 11 is 0. The predicted octanol–water partition coefficient (Wildman–Crippen LogP) is 1.41. The number of aromatic nitrogens is 3. The molecule has 0 unspecified atom stereocenters. The van der Waals surface area contributed by atoms with Crippen LogP contribution in [0.4, 0.5) is 5.95 Å². The zero-order chi connectivity index (χ0) is 14.3. The van der Waals surface area contributed by atoms with Crippen molar-refractivity contribution >= 4 is 26.8 Å². The van der Waals surface area contributed by atoms with Crippen LogP contribution in [0.3, 0.4) is 0 Å². The third-order valence-corrected chi connectivity index (χ3v) is 4.12. The van der Waals surface area contributed by atoms with Crippen molar-refractivity contribution in [3.05, 3.63) is 42.7 Å². The van der Waals surface area contributed by atoms with Gasteiger partial charge in [0.2, 0.25) is 5.95 Å². The van der Waals surface area contributed by atoms with E-state index in [1.54, 1.807) is 30.5 Å².